The Balaban J connectivity index is 1.94. The summed E-state index contributed by atoms with van der Waals surface area (Å²) in [7, 11) is 2.06. The van der Waals surface area contributed by atoms with E-state index in [9.17, 15) is 4.39 Å². The zero-order valence-electron chi connectivity index (χ0n) is 11.6. The first kappa shape index (κ1) is 12.7. The third-order valence-electron chi connectivity index (χ3n) is 4.58. The van der Waals surface area contributed by atoms with Crippen molar-refractivity contribution < 1.29 is 4.39 Å². The maximum atomic E-state index is 13.3. The van der Waals surface area contributed by atoms with E-state index in [1.54, 1.807) is 12.1 Å². The van der Waals surface area contributed by atoms with E-state index in [0.717, 1.165) is 11.9 Å². The molecule has 1 aromatic heterocycles. The average Bonchev–Trinajstić information content (AvgIpc) is 2.95. The van der Waals surface area contributed by atoms with Crippen LogP contribution in [-0.2, 0) is 6.42 Å². The Morgan fingerprint density at radius 1 is 1.37 bits per heavy atom. The number of nitrogens with one attached hydrogen (secondary N) is 2. The van der Waals surface area contributed by atoms with Crippen LogP contribution < -0.4 is 5.32 Å². The minimum absolute atomic E-state index is 0.172. The molecule has 3 rings (SSSR count). The van der Waals surface area contributed by atoms with E-state index >= 15 is 0 Å². The van der Waals surface area contributed by atoms with Crippen LogP contribution in [0.4, 0.5) is 4.39 Å². The van der Waals surface area contributed by atoms with Crippen molar-refractivity contribution in [2.24, 2.45) is 5.92 Å². The van der Waals surface area contributed by atoms with Gasteiger partial charge in [0.2, 0.25) is 0 Å². The lowest BCUT2D eigenvalue weighted by Gasteiger charge is -2.19. The van der Waals surface area contributed by atoms with Crippen LogP contribution in [0.25, 0.3) is 10.9 Å². The van der Waals surface area contributed by atoms with Gasteiger partial charge in [-0.2, -0.15) is 0 Å². The van der Waals surface area contributed by atoms with Gasteiger partial charge in [-0.05, 0) is 62.9 Å². The summed E-state index contributed by atoms with van der Waals surface area (Å²) in [6, 6.07) is 5.69. The van der Waals surface area contributed by atoms with Gasteiger partial charge in [0, 0.05) is 22.6 Å². The highest BCUT2D eigenvalue weighted by molar-refractivity contribution is 5.84. The summed E-state index contributed by atoms with van der Waals surface area (Å²) in [5.41, 5.74) is 3.47. The number of aromatic nitrogens is 1. The van der Waals surface area contributed by atoms with Crippen LogP contribution in [0.2, 0.25) is 0 Å². The van der Waals surface area contributed by atoms with Gasteiger partial charge in [0.05, 0.1) is 0 Å². The van der Waals surface area contributed by atoms with E-state index in [1.807, 2.05) is 6.07 Å². The van der Waals surface area contributed by atoms with Gasteiger partial charge >= 0.3 is 0 Å². The van der Waals surface area contributed by atoms with Gasteiger partial charge in [0.1, 0.15) is 5.82 Å². The molecular formula is C16H21FN2. The van der Waals surface area contributed by atoms with Gasteiger partial charge in [-0.3, -0.25) is 0 Å². The third kappa shape index (κ3) is 2.27. The number of benzene rings is 1. The Morgan fingerprint density at radius 3 is 3.00 bits per heavy atom. The first-order valence-corrected chi connectivity index (χ1v) is 7.13. The number of aromatic amines is 1. The van der Waals surface area contributed by atoms with Crippen molar-refractivity contribution in [3.63, 3.8) is 0 Å². The number of hydrogen-bond acceptors (Lipinski definition) is 1. The predicted molar refractivity (Wildman–Crippen MR) is 76.9 cm³/mol. The standard InChI is InChI=1S/C16H21FN2/c1-10-14(8-11-4-3-5-15(11)18-2)13-7-6-12(17)9-16(13)19-10/h6-7,9,11,15,18-19H,3-5,8H2,1-2H3. The number of aryl methyl sites for hydroxylation is 1. The minimum Gasteiger partial charge on any atom is -0.358 e. The molecular weight excluding hydrogens is 239 g/mol. The van der Waals surface area contributed by atoms with E-state index in [2.05, 4.69) is 24.3 Å². The summed E-state index contributed by atoms with van der Waals surface area (Å²) < 4.78 is 13.3. The van der Waals surface area contributed by atoms with Crippen molar-refractivity contribution in [3.05, 3.63) is 35.3 Å². The molecule has 2 unspecified atom stereocenters. The lowest BCUT2D eigenvalue weighted by molar-refractivity contribution is 0.424. The van der Waals surface area contributed by atoms with E-state index in [0.29, 0.717) is 12.0 Å². The second kappa shape index (κ2) is 4.97. The van der Waals surface area contributed by atoms with Crippen LogP contribution >= 0.6 is 0 Å². The molecule has 0 bridgehead atoms. The summed E-state index contributed by atoms with van der Waals surface area (Å²) >= 11 is 0. The first-order chi connectivity index (χ1) is 9.19. The maximum Gasteiger partial charge on any atom is 0.125 e. The van der Waals surface area contributed by atoms with Crippen LogP contribution in [0.3, 0.4) is 0 Å². The van der Waals surface area contributed by atoms with Gasteiger partial charge in [-0.25, -0.2) is 4.39 Å². The highest BCUT2D eigenvalue weighted by atomic mass is 19.1. The Kier molecular flexibility index (Phi) is 3.31. The average molecular weight is 260 g/mol. The van der Waals surface area contributed by atoms with Crippen molar-refractivity contribution in [1.82, 2.24) is 10.3 Å². The molecule has 1 aromatic carbocycles. The van der Waals surface area contributed by atoms with Crippen molar-refractivity contribution in [2.75, 3.05) is 7.05 Å². The molecule has 2 N–H and O–H groups in total. The van der Waals surface area contributed by atoms with E-state index in [1.165, 1.54) is 35.9 Å². The molecule has 0 amide bonds. The molecule has 1 aliphatic rings. The second-order valence-electron chi connectivity index (χ2n) is 5.71. The number of hydrogen-bond donors (Lipinski definition) is 2. The highest BCUT2D eigenvalue weighted by Crippen LogP contribution is 2.32. The second-order valence-corrected chi connectivity index (χ2v) is 5.71. The zero-order valence-corrected chi connectivity index (χ0v) is 11.6. The Morgan fingerprint density at radius 2 is 2.21 bits per heavy atom. The van der Waals surface area contributed by atoms with Crippen LogP contribution in [0.5, 0.6) is 0 Å². The van der Waals surface area contributed by atoms with Gasteiger partial charge in [0.15, 0.2) is 0 Å². The molecule has 2 aromatic rings. The van der Waals surface area contributed by atoms with E-state index in [4.69, 9.17) is 0 Å². The molecule has 0 saturated heterocycles. The van der Waals surface area contributed by atoms with Gasteiger partial charge < -0.3 is 10.3 Å². The molecule has 19 heavy (non-hydrogen) atoms. The van der Waals surface area contributed by atoms with Crippen LogP contribution in [0.1, 0.15) is 30.5 Å². The predicted octanol–water partition coefficient (Wildman–Crippen LogP) is 3.55. The van der Waals surface area contributed by atoms with Crippen LogP contribution in [-0.4, -0.2) is 18.1 Å². The number of fused-ring (bicyclic) bond motifs is 1. The lowest BCUT2D eigenvalue weighted by Crippen LogP contribution is -2.30. The molecule has 102 valence electrons. The topological polar surface area (TPSA) is 27.8 Å². The van der Waals surface area contributed by atoms with Gasteiger partial charge in [-0.15, -0.1) is 0 Å². The normalized spacial score (nSPS) is 23.3. The Bertz CT molecular complexity index is 588. The van der Waals surface area contributed by atoms with Crippen molar-refractivity contribution in [1.29, 1.82) is 0 Å². The molecule has 1 aliphatic carbocycles. The Labute approximate surface area is 113 Å². The monoisotopic (exact) mass is 260 g/mol. The fourth-order valence-electron chi connectivity index (χ4n) is 3.55. The van der Waals surface area contributed by atoms with Gasteiger partial charge in [-0.1, -0.05) is 6.42 Å². The van der Waals surface area contributed by atoms with E-state index < -0.39 is 0 Å². The van der Waals surface area contributed by atoms with Crippen molar-refractivity contribution in [2.45, 2.75) is 38.6 Å². The molecule has 0 spiro atoms. The molecule has 1 saturated carbocycles. The molecule has 2 atom stereocenters. The molecule has 1 fully saturated rings. The third-order valence-corrected chi connectivity index (χ3v) is 4.58. The van der Waals surface area contributed by atoms with Crippen LogP contribution in [0.15, 0.2) is 18.2 Å². The van der Waals surface area contributed by atoms with Gasteiger partial charge in [0.25, 0.3) is 0 Å². The van der Waals surface area contributed by atoms with Crippen molar-refractivity contribution in [3.8, 4) is 0 Å². The quantitative estimate of drug-likeness (QED) is 0.868. The SMILES string of the molecule is CNC1CCCC1Cc1c(C)[nH]c2cc(F)ccc12. The van der Waals surface area contributed by atoms with Crippen molar-refractivity contribution >= 4 is 10.9 Å². The fraction of sp³-hybridized carbons (Fsp3) is 0.500. The summed E-state index contributed by atoms with van der Waals surface area (Å²) in [6.07, 6.45) is 4.96. The largest absolute Gasteiger partial charge is 0.358 e. The summed E-state index contributed by atoms with van der Waals surface area (Å²) in [6.45, 7) is 2.09. The highest BCUT2D eigenvalue weighted by Gasteiger charge is 2.27. The van der Waals surface area contributed by atoms with E-state index in [-0.39, 0.29) is 5.82 Å². The summed E-state index contributed by atoms with van der Waals surface area (Å²) in [5, 5.41) is 4.61. The lowest BCUT2D eigenvalue weighted by atomic mass is 9.93. The Hall–Kier alpha value is -1.35. The molecule has 0 radical (unpaired) electrons. The fourth-order valence-corrected chi connectivity index (χ4v) is 3.55. The molecule has 1 heterocycles. The molecule has 2 nitrogen and oxygen atoms in total. The number of halogens is 1. The summed E-state index contributed by atoms with van der Waals surface area (Å²) in [5.74, 6) is 0.530. The number of H-pyrrole nitrogens is 1. The summed E-state index contributed by atoms with van der Waals surface area (Å²) in [4.78, 5) is 3.31. The smallest absolute Gasteiger partial charge is 0.125 e. The minimum atomic E-state index is -0.172. The molecule has 0 aliphatic heterocycles. The molecule has 3 heteroatoms. The number of rotatable bonds is 3. The van der Waals surface area contributed by atoms with Crippen LogP contribution in [0, 0.1) is 18.7 Å². The zero-order chi connectivity index (χ0) is 13.4. The first-order valence-electron chi connectivity index (χ1n) is 7.13. The maximum absolute atomic E-state index is 13.3.